The minimum atomic E-state index is 0.483. The molecule has 2 N–H and O–H groups in total. The molecule has 0 atom stereocenters. The second-order valence-corrected chi connectivity index (χ2v) is 5.10. The van der Waals surface area contributed by atoms with Crippen molar-refractivity contribution in [1.29, 1.82) is 0 Å². The third kappa shape index (κ3) is 2.49. The third-order valence-corrected chi connectivity index (χ3v) is 3.69. The van der Waals surface area contributed by atoms with Crippen LogP contribution < -0.4 is 10.6 Å². The van der Waals surface area contributed by atoms with Crippen LogP contribution in [0.3, 0.4) is 0 Å². The van der Waals surface area contributed by atoms with Crippen LogP contribution in [-0.4, -0.2) is 52.5 Å². The fourth-order valence-electron chi connectivity index (χ4n) is 2.50. The van der Waals surface area contributed by atoms with Gasteiger partial charge in [-0.1, -0.05) is 0 Å². The lowest BCUT2D eigenvalue weighted by Crippen LogP contribution is -2.37. The number of anilines is 2. The monoisotopic (exact) mass is 260 g/mol. The molecule has 102 valence electrons. The Morgan fingerprint density at radius 1 is 1.32 bits per heavy atom. The number of piperidine rings is 1. The molecule has 2 aromatic heterocycles. The van der Waals surface area contributed by atoms with Gasteiger partial charge < -0.3 is 19.9 Å². The summed E-state index contributed by atoms with van der Waals surface area (Å²) in [4.78, 5) is 11.3. The summed E-state index contributed by atoms with van der Waals surface area (Å²) in [6.07, 6.45) is 7.99. The summed E-state index contributed by atoms with van der Waals surface area (Å²) in [5.41, 5.74) is 0.887. The number of nitrogens with zero attached hydrogens (tertiary/aromatic N) is 4. The van der Waals surface area contributed by atoms with E-state index in [-0.39, 0.29) is 0 Å². The van der Waals surface area contributed by atoms with Crippen molar-refractivity contribution in [2.45, 2.75) is 18.9 Å². The Balaban J connectivity index is 1.85. The number of aromatic nitrogens is 3. The Morgan fingerprint density at radius 3 is 2.84 bits per heavy atom. The summed E-state index contributed by atoms with van der Waals surface area (Å²) in [6, 6.07) is 0.483. The summed E-state index contributed by atoms with van der Waals surface area (Å²) in [7, 11) is 4.05. The average Bonchev–Trinajstić information content (AvgIpc) is 2.89. The molecule has 3 rings (SSSR count). The van der Waals surface area contributed by atoms with Gasteiger partial charge in [0.1, 0.15) is 5.82 Å². The smallest absolute Gasteiger partial charge is 0.180 e. The van der Waals surface area contributed by atoms with E-state index < -0.39 is 0 Å². The molecule has 19 heavy (non-hydrogen) atoms. The van der Waals surface area contributed by atoms with Crippen molar-refractivity contribution in [2.75, 3.05) is 37.8 Å². The number of hydrogen-bond donors (Lipinski definition) is 2. The van der Waals surface area contributed by atoms with Crippen molar-refractivity contribution in [2.24, 2.45) is 0 Å². The van der Waals surface area contributed by atoms with E-state index in [2.05, 4.69) is 32.5 Å². The largest absolute Gasteiger partial charge is 0.372 e. The van der Waals surface area contributed by atoms with Crippen LogP contribution in [0, 0.1) is 0 Å². The second-order valence-electron chi connectivity index (χ2n) is 5.10. The molecule has 1 fully saturated rings. The lowest BCUT2D eigenvalue weighted by atomic mass is 10.1. The van der Waals surface area contributed by atoms with Gasteiger partial charge in [0.15, 0.2) is 11.5 Å². The van der Waals surface area contributed by atoms with Crippen molar-refractivity contribution in [3.05, 3.63) is 18.6 Å². The van der Waals surface area contributed by atoms with E-state index in [1.54, 1.807) is 6.20 Å². The van der Waals surface area contributed by atoms with Gasteiger partial charge in [0, 0.05) is 25.5 Å². The molecule has 1 saturated heterocycles. The van der Waals surface area contributed by atoms with E-state index in [0.717, 1.165) is 43.2 Å². The molecule has 0 aliphatic carbocycles. The molecular formula is C13H20N6. The highest BCUT2D eigenvalue weighted by molar-refractivity contribution is 5.65. The van der Waals surface area contributed by atoms with Crippen molar-refractivity contribution >= 4 is 17.3 Å². The first-order valence-electron chi connectivity index (χ1n) is 6.73. The summed E-state index contributed by atoms with van der Waals surface area (Å²) in [5.74, 6) is 1.72. The molecular weight excluding hydrogens is 240 g/mol. The van der Waals surface area contributed by atoms with Gasteiger partial charge in [0.2, 0.25) is 0 Å². The molecule has 0 unspecified atom stereocenters. The molecule has 1 aliphatic heterocycles. The van der Waals surface area contributed by atoms with E-state index in [9.17, 15) is 0 Å². The number of imidazole rings is 1. The predicted molar refractivity (Wildman–Crippen MR) is 76.7 cm³/mol. The van der Waals surface area contributed by atoms with Crippen LogP contribution in [0.25, 0.3) is 5.65 Å². The highest BCUT2D eigenvalue weighted by Gasteiger charge is 2.18. The standard InChI is InChI=1S/C13H20N6/c1-14-11-9-19-8-5-15-13(19)12(17-11)16-10-3-6-18(2)7-4-10/h5,8-10,14H,3-4,6-7H2,1-2H3,(H,16,17). The van der Waals surface area contributed by atoms with E-state index in [1.165, 1.54) is 0 Å². The Kier molecular flexibility index (Phi) is 3.25. The van der Waals surface area contributed by atoms with Crippen molar-refractivity contribution in [3.8, 4) is 0 Å². The fourth-order valence-corrected chi connectivity index (χ4v) is 2.50. The van der Waals surface area contributed by atoms with Gasteiger partial charge in [0.05, 0.1) is 6.20 Å². The van der Waals surface area contributed by atoms with Crippen LogP contribution in [0.2, 0.25) is 0 Å². The maximum atomic E-state index is 4.59. The van der Waals surface area contributed by atoms with Crippen molar-refractivity contribution in [1.82, 2.24) is 19.3 Å². The number of fused-ring (bicyclic) bond motifs is 1. The molecule has 0 spiro atoms. The van der Waals surface area contributed by atoms with Crippen LogP contribution in [0.15, 0.2) is 18.6 Å². The van der Waals surface area contributed by atoms with E-state index in [1.807, 2.05) is 23.8 Å². The van der Waals surface area contributed by atoms with Gasteiger partial charge in [-0.2, -0.15) is 0 Å². The maximum Gasteiger partial charge on any atom is 0.180 e. The van der Waals surface area contributed by atoms with Crippen LogP contribution in [0.5, 0.6) is 0 Å². The molecule has 6 heteroatoms. The Bertz CT molecular complexity index is 555. The highest BCUT2D eigenvalue weighted by Crippen LogP contribution is 2.20. The lowest BCUT2D eigenvalue weighted by molar-refractivity contribution is 0.263. The first-order chi connectivity index (χ1) is 9.26. The number of nitrogens with one attached hydrogen (secondary N) is 2. The fraction of sp³-hybridized carbons (Fsp3) is 0.538. The van der Waals surface area contributed by atoms with Gasteiger partial charge in [-0.15, -0.1) is 0 Å². The number of rotatable bonds is 3. The molecule has 0 aromatic carbocycles. The van der Waals surface area contributed by atoms with Crippen LogP contribution in [0.1, 0.15) is 12.8 Å². The van der Waals surface area contributed by atoms with Gasteiger partial charge in [0.25, 0.3) is 0 Å². The molecule has 0 saturated carbocycles. The zero-order valence-electron chi connectivity index (χ0n) is 11.4. The van der Waals surface area contributed by atoms with Gasteiger partial charge >= 0.3 is 0 Å². The normalized spacial score (nSPS) is 17.8. The molecule has 2 aromatic rings. The summed E-state index contributed by atoms with van der Waals surface area (Å²) in [5, 5.41) is 6.63. The summed E-state index contributed by atoms with van der Waals surface area (Å²) in [6.45, 7) is 2.27. The number of hydrogen-bond acceptors (Lipinski definition) is 5. The average molecular weight is 260 g/mol. The molecule has 6 nitrogen and oxygen atoms in total. The molecule has 0 radical (unpaired) electrons. The topological polar surface area (TPSA) is 57.5 Å². The second kappa shape index (κ2) is 5.05. The third-order valence-electron chi connectivity index (χ3n) is 3.69. The molecule has 3 heterocycles. The van der Waals surface area contributed by atoms with Crippen molar-refractivity contribution in [3.63, 3.8) is 0 Å². The van der Waals surface area contributed by atoms with Gasteiger partial charge in [-0.25, -0.2) is 9.97 Å². The molecule has 0 bridgehead atoms. The van der Waals surface area contributed by atoms with Crippen LogP contribution in [-0.2, 0) is 0 Å². The van der Waals surface area contributed by atoms with Gasteiger partial charge in [-0.05, 0) is 33.0 Å². The first kappa shape index (κ1) is 12.2. The Morgan fingerprint density at radius 2 is 2.11 bits per heavy atom. The minimum absolute atomic E-state index is 0.483. The maximum absolute atomic E-state index is 4.59. The lowest BCUT2D eigenvalue weighted by Gasteiger charge is -2.29. The SMILES string of the molecule is CNc1cn2ccnc2c(NC2CCN(C)CC2)n1. The zero-order valence-corrected chi connectivity index (χ0v) is 11.4. The quantitative estimate of drug-likeness (QED) is 0.870. The van der Waals surface area contributed by atoms with E-state index in [0.29, 0.717) is 6.04 Å². The van der Waals surface area contributed by atoms with Gasteiger partial charge in [-0.3, -0.25) is 0 Å². The Labute approximate surface area is 112 Å². The first-order valence-corrected chi connectivity index (χ1v) is 6.73. The van der Waals surface area contributed by atoms with E-state index >= 15 is 0 Å². The zero-order chi connectivity index (χ0) is 13.2. The predicted octanol–water partition coefficient (Wildman–Crippen LogP) is 1.28. The summed E-state index contributed by atoms with van der Waals surface area (Å²) >= 11 is 0. The molecule has 0 amide bonds. The van der Waals surface area contributed by atoms with Crippen LogP contribution >= 0.6 is 0 Å². The molecule has 1 aliphatic rings. The van der Waals surface area contributed by atoms with Crippen molar-refractivity contribution < 1.29 is 0 Å². The Hall–Kier alpha value is -1.82. The minimum Gasteiger partial charge on any atom is -0.372 e. The summed E-state index contributed by atoms with van der Waals surface area (Å²) < 4.78 is 2.00. The number of likely N-dealkylation sites (tertiary alicyclic amines) is 1. The van der Waals surface area contributed by atoms with E-state index in [4.69, 9.17) is 0 Å². The highest BCUT2D eigenvalue weighted by atomic mass is 15.2. The van der Waals surface area contributed by atoms with Crippen LogP contribution in [0.4, 0.5) is 11.6 Å².